The number of hydrogen-bond donors (Lipinski definition) is 3. The molecule has 1 unspecified atom stereocenters. The van der Waals surface area contributed by atoms with Crippen LogP contribution in [0.4, 0.5) is 11.4 Å². The Labute approximate surface area is 111 Å². The molecule has 2 heterocycles. The van der Waals surface area contributed by atoms with Gasteiger partial charge in [-0.1, -0.05) is 0 Å². The van der Waals surface area contributed by atoms with Crippen molar-refractivity contribution < 1.29 is 9.59 Å². The molecule has 1 fully saturated rings. The summed E-state index contributed by atoms with van der Waals surface area (Å²) < 4.78 is 0. The van der Waals surface area contributed by atoms with Crippen LogP contribution in [0.5, 0.6) is 0 Å². The lowest BCUT2D eigenvalue weighted by Gasteiger charge is -2.22. The summed E-state index contributed by atoms with van der Waals surface area (Å²) >= 11 is 0. The zero-order valence-corrected chi connectivity index (χ0v) is 10.7. The van der Waals surface area contributed by atoms with Gasteiger partial charge in [0.05, 0.1) is 12.3 Å². The highest BCUT2D eigenvalue weighted by molar-refractivity contribution is 6.00. The van der Waals surface area contributed by atoms with Crippen molar-refractivity contribution in [2.45, 2.75) is 19.3 Å². The van der Waals surface area contributed by atoms with Crippen molar-refractivity contribution >= 4 is 23.2 Å². The number of carbonyl (C=O) groups is 2. The number of carbonyl (C=O) groups excluding carboxylic acids is 2. The molecule has 3 rings (SSSR count). The van der Waals surface area contributed by atoms with Gasteiger partial charge in [-0.15, -0.1) is 0 Å². The van der Waals surface area contributed by atoms with Crippen LogP contribution in [0.3, 0.4) is 0 Å². The minimum atomic E-state index is 0.00922. The highest BCUT2D eigenvalue weighted by atomic mass is 16.2. The smallest absolute Gasteiger partial charge is 0.228 e. The van der Waals surface area contributed by atoms with E-state index >= 15 is 0 Å². The highest BCUT2D eigenvalue weighted by Gasteiger charge is 2.22. The Morgan fingerprint density at radius 2 is 2.26 bits per heavy atom. The Hall–Kier alpha value is -1.88. The molecule has 5 heteroatoms. The van der Waals surface area contributed by atoms with E-state index in [0.29, 0.717) is 6.42 Å². The van der Waals surface area contributed by atoms with Gasteiger partial charge in [0.25, 0.3) is 0 Å². The van der Waals surface area contributed by atoms with Gasteiger partial charge in [-0.25, -0.2) is 0 Å². The van der Waals surface area contributed by atoms with Crippen LogP contribution >= 0.6 is 0 Å². The van der Waals surface area contributed by atoms with Crippen LogP contribution in [-0.2, 0) is 16.0 Å². The summed E-state index contributed by atoms with van der Waals surface area (Å²) in [4.78, 5) is 23.4. The van der Waals surface area contributed by atoms with Crippen LogP contribution in [0.1, 0.15) is 18.4 Å². The predicted octanol–water partition coefficient (Wildman–Crippen LogP) is 1.12. The lowest BCUT2D eigenvalue weighted by molar-refractivity contribution is -0.120. The molecule has 0 bridgehead atoms. The molecule has 1 atom stereocenters. The maximum Gasteiger partial charge on any atom is 0.228 e. The van der Waals surface area contributed by atoms with Gasteiger partial charge in [0.1, 0.15) is 0 Å². The van der Waals surface area contributed by atoms with E-state index in [9.17, 15) is 9.59 Å². The second-order valence-electron chi connectivity index (χ2n) is 5.13. The molecular weight excluding hydrogens is 242 g/mol. The maximum atomic E-state index is 12.1. The Morgan fingerprint density at radius 1 is 1.37 bits per heavy atom. The molecule has 0 spiro atoms. The van der Waals surface area contributed by atoms with Crippen LogP contribution in [0, 0.1) is 5.92 Å². The van der Waals surface area contributed by atoms with Crippen molar-refractivity contribution in [2.24, 2.45) is 5.92 Å². The quantitative estimate of drug-likeness (QED) is 0.745. The maximum absolute atomic E-state index is 12.1. The van der Waals surface area contributed by atoms with Crippen LogP contribution in [0.15, 0.2) is 18.2 Å². The van der Waals surface area contributed by atoms with Crippen LogP contribution in [0.2, 0.25) is 0 Å². The van der Waals surface area contributed by atoms with E-state index in [1.807, 2.05) is 18.2 Å². The SMILES string of the molecule is O=C1Cc2cc(NC(=O)C3CCCNC3)ccc2N1. The fourth-order valence-corrected chi connectivity index (χ4v) is 2.63. The Bertz CT molecular complexity index is 521. The van der Waals surface area contributed by atoms with Crippen molar-refractivity contribution in [1.82, 2.24) is 5.32 Å². The topological polar surface area (TPSA) is 70.2 Å². The molecule has 1 saturated heterocycles. The number of rotatable bonds is 2. The molecule has 0 saturated carbocycles. The van der Waals surface area contributed by atoms with E-state index < -0.39 is 0 Å². The first-order chi connectivity index (χ1) is 9.22. The van der Waals surface area contributed by atoms with Crippen LogP contribution < -0.4 is 16.0 Å². The van der Waals surface area contributed by atoms with Gasteiger partial charge < -0.3 is 16.0 Å². The number of nitrogens with one attached hydrogen (secondary N) is 3. The van der Waals surface area contributed by atoms with Gasteiger partial charge in [-0.2, -0.15) is 0 Å². The Kier molecular flexibility index (Phi) is 3.21. The first-order valence-electron chi connectivity index (χ1n) is 6.67. The molecule has 100 valence electrons. The zero-order valence-electron chi connectivity index (χ0n) is 10.7. The molecule has 3 N–H and O–H groups in total. The van der Waals surface area contributed by atoms with Crippen molar-refractivity contribution in [3.05, 3.63) is 23.8 Å². The average Bonchev–Trinajstić information content (AvgIpc) is 2.79. The summed E-state index contributed by atoms with van der Waals surface area (Å²) in [6.07, 6.45) is 2.37. The standard InChI is InChI=1S/C14H17N3O2/c18-13-7-10-6-11(3-4-12(10)17-13)16-14(19)9-2-1-5-15-8-9/h3-4,6,9,15H,1-2,5,7-8H2,(H,16,19)(H,17,18). The second kappa shape index (κ2) is 5.01. The molecule has 0 radical (unpaired) electrons. The molecule has 1 aromatic rings. The monoisotopic (exact) mass is 259 g/mol. The van der Waals surface area contributed by atoms with Gasteiger partial charge in [0, 0.05) is 17.9 Å². The number of amides is 2. The highest BCUT2D eigenvalue weighted by Crippen LogP contribution is 2.26. The normalized spacial score (nSPS) is 21.7. The van der Waals surface area contributed by atoms with Gasteiger partial charge in [-0.05, 0) is 43.1 Å². The molecular formula is C14H17N3O2. The van der Waals surface area contributed by atoms with E-state index in [4.69, 9.17) is 0 Å². The van der Waals surface area contributed by atoms with E-state index in [1.165, 1.54) is 0 Å². The number of hydrogen-bond acceptors (Lipinski definition) is 3. The minimum Gasteiger partial charge on any atom is -0.326 e. The average molecular weight is 259 g/mol. The first kappa shape index (κ1) is 12.2. The molecule has 0 aromatic heterocycles. The molecule has 2 aliphatic heterocycles. The first-order valence-corrected chi connectivity index (χ1v) is 6.67. The van der Waals surface area contributed by atoms with E-state index in [1.54, 1.807) is 0 Å². The second-order valence-corrected chi connectivity index (χ2v) is 5.13. The Morgan fingerprint density at radius 3 is 3.05 bits per heavy atom. The zero-order chi connectivity index (χ0) is 13.2. The molecule has 2 amide bonds. The summed E-state index contributed by atoms with van der Waals surface area (Å²) in [6.45, 7) is 1.74. The predicted molar refractivity (Wildman–Crippen MR) is 73.0 cm³/mol. The number of anilines is 2. The van der Waals surface area contributed by atoms with Gasteiger partial charge in [0.15, 0.2) is 0 Å². The molecule has 2 aliphatic rings. The van der Waals surface area contributed by atoms with Gasteiger partial charge in [-0.3, -0.25) is 9.59 Å². The van der Waals surface area contributed by atoms with Crippen molar-refractivity contribution in [3.8, 4) is 0 Å². The molecule has 1 aromatic carbocycles. The fraction of sp³-hybridized carbons (Fsp3) is 0.429. The van der Waals surface area contributed by atoms with Gasteiger partial charge >= 0.3 is 0 Å². The third kappa shape index (κ3) is 2.61. The summed E-state index contributed by atoms with van der Waals surface area (Å²) in [6, 6.07) is 5.55. The van der Waals surface area contributed by atoms with Gasteiger partial charge in [0.2, 0.25) is 11.8 Å². The lowest BCUT2D eigenvalue weighted by Crippen LogP contribution is -2.37. The fourth-order valence-electron chi connectivity index (χ4n) is 2.63. The van der Waals surface area contributed by atoms with Crippen LogP contribution in [0.25, 0.3) is 0 Å². The molecule has 19 heavy (non-hydrogen) atoms. The number of benzene rings is 1. The van der Waals surface area contributed by atoms with E-state index in [2.05, 4.69) is 16.0 Å². The van der Waals surface area contributed by atoms with Crippen molar-refractivity contribution in [1.29, 1.82) is 0 Å². The van der Waals surface area contributed by atoms with Crippen molar-refractivity contribution in [2.75, 3.05) is 23.7 Å². The summed E-state index contributed by atoms with van der Waals surface area (Å²) in [7, 11) is 0. The van der Waals surface area contributed by atoms with Crippen molar-refractivity contribution in [3.63, 3.8) is 0 Å². The minimum absolute atomic E-state index is 0.00922. The molecule has 0 aliphatic carbocycles. The lowest BCUT2D eigenvalue weighted by atomic mass is 9.98. The summed E-state index contributed by atoms with van der Waals surface area (Å²) in [5.41, 5.74) is 2.57. The van der Waals surface area contributed by atoms with Crippen LogP contribution in [-0.4, -0.2) is 24.9 Å². The third-order valence-corrected chi connectivity index (χ3v) is 3.67. The number of fused-ring (bicyclic) bond motifs is 1. The van der Waals surface area contributed by atoms with E-state index in [0.717, 1.165) is 42.9 Å². The molecule has 5 nitrogen and oxygen atoms in total. The summed E-state index contributed by atoms with van der Waals surface area (Å²) in [5, 5.41) is 8.95. The largest absolute Gasteiger partial charge is 0.326 e. The number of piperidine rings is 1. The third-order valence-electron chi connectivity index (χ3n) is 3.67. The van der Waals surface area contributed by atoms with E-state index in [-0.39, 0.29) is 17.7 Å². The summed E-state index contributed by atoms with van der Waals surface area (Å²) in [5.74, 6) is 0.112. The Balaban J connectivity index is 1.68.